The normalized spacial score (nSPS) is 10.6. The third-order valence-corrected chi connectivity index (χ3v) is 4.13. The number of halogens is 1. The average molecular weight is 323 g/mol. The molecule has 0 aliphatic rings. The van der Waals surface area contributed by atoms with Gasteiger partial charge in [0.25, 0.3) is 0 Å². The molecule has 0 saturated carbocycles. The molecule has 0 unspecified atom stereocenters. The molecule has 94 valence electrons. The molecule has 4 heteroatoms. The van der Waals surface area contributed by atoms with Crippen molar-refractivity contribution in [1.29, 1.82) is 0 Å². The Kier molecular flexibility index (Phi) is 5.23. The van der Waals surface area contributed by atoms with E-state index in [1.165, 1.54) is 10.5 Å². The van der Waals surface area contributed by atoms with Crippen LogP contribution in [0.25, 0.3) is 0 Å². The second-order valence-corrected chi connectivity index (χ2v) is 5.89. The molecule has 18 heavy (non-hydrogen) atoms. The fourth-order valence-corrected chi connectivity index (χ4v) is 2.79. The minimum absolute atomic E-state index is 0.720. The van der Waals surface area contributed by atoms with E-state index >= 15 is 0 Å². The van der Waals surface area contributed by atoms with E-state index in [0.717, 1.165) is 28.9 Å². The van der Waals surface area contributed by atoms with E-state index in [2.05, 4.69) is 39.1 Å². The van der Waals surface area contributed by atoms with Gasteiger partial charge in [0.15, 0.2) is 0 Å². The number of aromatic nitrogens is 1. The van der Waals surface area contributed by atoms with Crippen LogP contribution in [0.5, 0.6) is 0 Å². The fourth-order valence-electron chi connectivity index (χ4n) is 1.61. The van der Waals surface area contributed by atoms with Crippen LogP contribution < -0.4 is 5.73 Å². The summed E-state index contributed by atoms with van der Waals surface area (Å²) in [4.78, 5) is 5.66. The van der Waals surface area contributed by atoms with Gasteiger partial charge in [-0.3, -0.25) is 0 Å². The second kappa shape index (κ2) is 6.92. The minimum atomic E-state index is 0.720. The van der Waals surface area contributed by atoms with Gasteiger partial charge in [-0.15, -0.1) is 0 Å². The Labute approximate surface area is 120 Å². The molecule has 2 N–H and O–H groups in total. The first-order valence-electron chi connectivity index (χ1n) is 5.87. The van der Waals surface area contributed by atoms with E-state index in [1.54, 1.807) is 11.8 Å². The predicted octanol–water partition coefficient (Wildman–Crippen LogP) is 3.89. The molecule has 1 aromatic carbocycles. The Morgan fingerprint density at radius 2 is 1.94 bits per heavy atom. The number of hydrogen-bond acceptors (Lipinski definition) is 3. The van der Waals surface area contributed by atoms with E-state index in [-0.39, 0.29) is 0 Å². The molecule has 2 nitrogen and oxygen atoms in total. The molecule has 1 aromatic heterocycles. The lowest BCUT2D eigenvalue weighted by Crippen LogP contribution is -2.01. The van der Waals surface area contributed by atoms with E-state index in [1.807, 2.05) is 24.4 Å². The van der Waals surface area contributed by atoms with E-state index in [0.29, 0.717) is 0 Å². The summed E-state index contributed by atoms with van der Waals surface area (Å²) in [6, 6.07) is 12.4. The number of rotatable bonds is 5. The Morgan fingerprint density at radius 1 is 1.17 bits per heavy atom. The van der Waals surface area contributed by atoms with Crippen molar-refractivity contribution < 1.29 is 0 Å². The molecule has 2 rings (SSSR count). The molecule has 0 radical (unpaired) electrons. The van der Waals surface area contributed by atoms with Crippen molar-refractivity contribution >= 4 is 27.7 Å². The van der Waals surface area contributed by atoms with Gasteiger partial charge in [0.05, 0.1) is 0 Å². The third kappa shape index (κ3) is 3.83. The molecule has 0 amide bonds. The highest BCUT2D eigenvalue weighted by Crippen LogP contribution is 2.29. The van der Waals surface area contributed by atoms with Gasteiger partial charge in [0.1, 0.15) is 5.03 Å². The van der Waals surface area contributed by atoms with Gasteiger partial charge in [-0.25, -0.2) is 4.98 Å². The smallest absolute Gasteiger partial charge is 0.104 e. The quantitative estimate of drug-likeness (QED) is 0.907. The Morgan fingerprint density at radius 3 is 2.67 bits per heavy atom. The maximum Gasteiger partial charge on any atom is 0.104 e. The summed E-state index contributed by atoms with van der Waals surface area (Å²) in [5.41, 5.74) is 6.84. The summed E-state index contributed by atoms with van der Waals surface area (Å²) in [7, 11) is 0. The van der Waals surface area contributed by atoms with Crippen molar-refractivity contribution in [3.05, 3.63) is 52.6 Å². The van der Waals surface area contributed by atoms with Crippen LogP contribution in [0.15, 0.2) is 57.0 Å². The van der Waals surface area contributed by atoms with Crippen LogP contribution in [0, 0.1) is 0 Å². The lowest BCUT2D eigenvalue weighted by molar-refractivity contribution is 0.808. The summed E-state index contributed by atoms with van der Waals surface area (Å²) >= 11 is 5.14. The average Bonchev–Trinajstić information content (AvgIpc) is 2.40. The molecule has 2 aromatic rings. The first kappa shape index (κ1) is 13.6. The first-order valence-corrected chi connectivity index (χ1v) is 7.48. The maximum atomic E-state index is 5.56. The number of nitrogens with two attached hydrogens (primary N) is 1. The van der Waals surface area contributed by atoms with E-state index in [4.69, 9.17) is 5.73 Å². The Hall–Kier alpha value is -0.840. The second-order valence-electron chi connectivity index (χ2n) is 3.92. The summed E-state index contributed by atoms with van der Waals surface area (Å²) in [6.07, 6.45) is 3.83. The molecule has 0 spiro atoms. The lowest BCUT2D eigenvalue weighted by Gasteiger charge is -2.07. The standard InChI is InChI=1S/C14H15BrN2S/c15-12-5-7-13(8-6-12)18-14-11(3-1-9-16)4-2-10-17-14/h2,4-8,10H,1,3,9,16H2. The monoisotopic (exact) mass is 322 g/mol. The van der Waals surface area contributed by atoms with Gasteiger partial charge in [-0.05, 0) is 55.3 Å². The van der Waals surface area contributed by atoms with Gasteiger partial charge in [-0.2, -0.15) is 0 Å². The zero-order valence-corrected chi connectivity index (χ0v) is 12.4. The van der Waals surface area contributed by atoms with E-state index in [9.17, 15) is 0 Å². The third-order valence-electron chi connectivity index (χ3n) is 2.53. The molecule has 0 bridgehead atoms. The number of benzene rings is 1. The van der Waals surface area contributed by atoms with Gasteiger partial charge in [0.2, 0.25) is 0 Å². The van der Waals surface area contributed by atoms with Crippen molar-refractivity contribution in [2.45, 2.75) is 22.8 Å². The fraction of sp³-hybridized carbons (Fsp3) is 0.214. The van der Waals surface area contributed by atoms with Gasteiger partial charge >= 0.3 is 0 Å². The number of nitrogens with zero attached hydrogens (tertiary/aromatic N) is 1. The van der Waals surface area contributed by atoms with Crippen LogP contribution in [0.4, 0.5) is 0 Å². The van der Waals surface area contributed by atoms with Crippen molar-refractivity contribution in [3.8, 4) is 0 Å². The van der Waals surface area contributed by atoms with Crippen LogP contribution in [0.1, 0.15) is 12.0 Å². The number of aryl methyl sites for hydroxylation is 1. The van der Waals surface area contributed by atoms with E-state index < -0.39 is 0 Å². The Bertz CT molecular complexity index is 499. The molecule has 1 heterocycles. The molecule has 0 atom stereocenters. The number of hydrogen-bond donors (Lipinski definition) is 1. The maximum absolute atomic E-state index is 5.56. The van der Waals surface area contributed by atoms with Crippen molar-refractivity contribution in [3.63, 3.8) is 0 Å². The van der Waals surface area contributed by atoms with Crippen molar-refractivity contribution in [1.82, 2.24) is 4.98 Å². The van der Waals surface area contributed by atoms with Crippen molar-refractivity contribution in [2.75, 3.05) is 6.54 Å². The summed E-state index contributed by atoms with van der Waals surface area (Å²) in [5, 5.41) is 1.08. The zero-order chi connectivity index (χ0) is 12.8. The molecule has 0 saturated heterocycles. The molecule has 0 fully saturated rings. The summed E-state index contributed by atoms with van der Waals surface area (Å²) in [5.74, 6) is 0. The SMILES string of the molecule is NCCCc1cccnc1Sc1ccc(Br)cc1. The minimum Gasteiger partial charge on any atom is -0.330 e. The van der Waals surface area contributed by atoms with Gasteiger partial charge < -0.3 is 5.73 Å². The van der Waals surface area contributed by atoms with Crippen LogP contribution in [-0.4, -0.2) is 11.5 Å². The zero-order valence-electron chi connectivity index (χ0n) is 9.97. The number of pyridine rings is 1. The van der Waals surface area contributed by atoms with Crippen LogP contribution >= 0.6 is 27.7 Å². The molecular formula is C14H15BrN2S. The highest BCUT2D eigenvalue weighted by atomic mass is 79.9. The summed E-state index contributed by atoms with van der Waals surface area (Å²) in [6.45, 7) is 0.720. The van der Waals surface area contributed by atoms with Gasteiger partial charge in [0, 0.05) is 15.6 Å². The highest BCUT2D eigenvalue weighted by molar-refractivity contribution is 9.10. The lowest BCUT2D eigenvalue weighted by atomic mass is 10.2. The largest absolute Gasteiger partial charge is 0.330 e. The van der Waals surface area contributed by atoms with Crippen molar-refractivity contribution in [2.24, 2.45) is 5.73 Å². The highest BCUT2D eigenvalue weighted by Gasteiger charge is 2.05. The topological polar surface area (TPSA) is 38.9 Å². The molecular weight excluding hydrogens is 308 g/mol. The van der Waals surface area contributed by atoms with Crippen LogP contribution in [-0.2, 0) is 6.42 Å². The van der Waals surface area contributed by atoms with Crippen LogP contribution in [0.3, 0.4) is 0 Å². The van der Waals surface area contributed by atoms with Crippen LogP contribution in [0.2, 0.25) is 0 Å². The summed E-state index contributed by atoms with van der Waals surface area (Å²) < 4.78 is 1.09. The Balaban J connectivity index is 2.15. The predicted molar refractivity (Wildman–Crippen MR) is 79.9 cm³/mol. The van der Waals surface area contributed by atoms with Gasteiger partial charge in [-0.1, -0.05) is 33.8 Å². The first-order chi connectivity index (χ1) is 8.79. The molecule has 0 aliphatic heterocycles. The molecule has 0 aliphatic carbocycles.